The molecular formula is C21H20N2O2. The molecule has 3 rings (SSSR count). The van der Waals surface area contributed by atoms with Gasteiger partial charge in [0, 0.05) is 0 Å². The first kappa shape index (κ1) is 16.8. The number of allylic oxidation sites excluding steroid dienone is 1. The summed E-state index contributed by atoms with van der Waals surface area (Å²) in [5.74, 6) is -0.272. The molecule has 0 aliphatic carbocycles. The molecule has 0 saturated heterocycles. The Bertz CT molecular complexity index is 842. The van der Waals surface area contributed by atoms with Crippen molar-refractivity contribution in [2.75, 3.05) is 0 Å². The predicted molar refractivity (Wildman–Crippen MR) is 99.6 cm³/mol. The van der Waals surface area contributed by atoms with Crippen LogP contribution in [0.1, 0.15) is 58.5 Å². The highest BCUT2D eigenvalue weighted by Gasteiger charge is 2.35. The monoisotopic (exact) mass is 332 g/mol. The zero-order valence-corrected chi connectivity index (χ0v) is 14.6. The molecule has 1 aliphatic heterocycles. The van der Waals surface area contributed by atoms with Crippen molar-refractivity contribution >= 4 is 24.1 Å². The van der Waals surface area contributed by atoms with Gasteiger partial charge < -0.3 is 0 Å². The summed E-state index contributed by atoms with van der Waals surface area (Å²) in [4.78, 5) is 24.5. The minimum absolute atomic E-state index is 0.383. The summed E-state index contributed by atoms with van der Waals surface area (Å²) < 4.78 is 0. The lowest BCUT2D eigenvalue weighted by atomic mass is 10.0. The molecular weight excluding hydrogens is 312 g/mol. The van der Waals surface area contributed by atoms with Crippen LogP contribution >= 0.6 is 0 Å². The fourth-order valence-corrected chi connectivity index (χ4v) is 2.71. The van der Waals surface area contributed by atoms with Crippen LogP contribution < -0.4 is 0 Å². The minimum Gasteiger partial charge on any atom is -0.267 e. The Hall–Kier alpha value is -3.01. The second-order valence-electron chi connectivity index (χ2n) is 6.42. The van der Waals surface area contributed by atoms with Gasteiger partial charge in [0.15, 0.2) is 0 Å². The topological polar surface area (TPSA) is 49.7 Å². The molecule has 2 amide bonds. The molecule has 4 nitrogen and oxygen atoms in total. The van der Waals surface area contributed by atoms with Crippen LogP contribution in [0.2, 0.25) is 0 Å². The molecule has 25 heavy (non-hydrogen) atoms. The highest BCUT2D eigenvalue weighted by Crippen LogP contribution is 2.22. The second-order valence-corrected chi connectivity index (χ2v) is 6.42. The Kier molecular flexibility index (Phi) is 4.61. The van der Waals surface area contributed by atoms with E-state index in [1.807, 2.05) is 13.0 Å². The smallest absolute Gasteiger partial charge is 0.267 e. The van der Waals surface area contributed by atoms with E-state index in [1.165, 1.54) is 11.8 Å². The maximum Gasteiger partial charge on any atom is 0.282 e. The van der Waals surface area contributed by atoms with Gasteiger partial charge in [-0.05, 0) is 41.7 Å². The largest absolute Gasteiger partial charge is 0.282 e. The Balaban J connectivity index is 1.76. The summed E-state index contributed by atoms with van der Waals surface area (Å²) in [6.07, 6.45) is 3.50. The number of benzene rings is 2. The highest BCUT2D eigenvalue weighted by molar-refractivity contribution is 6.21. The van der Waals surface area contributed by atoms with Crippen molar-refractivity contribution in [3.05, 3.63) is 76.4 Å². The fourth-order valence-electron chi connectivity index (χ4n) is 2.71. The lowest BCUT2D eigenvalue weighted by Gasteiger charge is -2.06. The van der Waals surface area contributed by atoms with Gasteiger partial charge in [-0.3, -0.25) is 9.59 Å². The summed E-state index contributed by atoms with van der Waals surface area (Å²) in [6, 6.07) is 15.1. The van der Waals surface area contributed by atoms with E-state index in [4.69, 9.17) is 0 Å². The van der Waals surface area contributed by atoms with Gasteiger partial charge in [0.25, 0.3) is 11.8 Å². The predicted octanol–water partition coefficient (Wildman–Crippen LogP) is 4.50. The molecule has 4 heteroatoms. The van der Waals surface area contributed by atoms with Crippen molar-refractivity contribution in [2.24, 2.45) is 5.10 Å². The van der Waals surface area contributed by atoms with E-state index >= 15 is 0 Å². The van der Waals surface area contributed by atoms with Crippen molar-refractivity contribution in [1.82, 2.24) is 5.01 Å². The maximum absolute atomic E-state index is 12.3. The third-order valence-corrected chi connectivity index (χ3v) is 4.15. The number of carbonyl (C=O) groups excluding carboxylic acids is 2. The molecule has 2 aromatic rings. The number of imide groups is 1. The van der Waals surface area contributed by atoms with Gasteiger partial charge in [0.1, 0.15) is 0 Å². The number of nitrogens with zero attached hydrogens (tertiary/aromatic N) is 2. The SMILES string of the molecule is CC(/C=N\N1C(=O)c2ccccc2C1=O)=C\c1ccc(C(C)C)cc1. The van der Waals surface area contributed by atoms with Gasteiger partial charge >= 0.3 is 0 Å². The average molecular weight is 332 g/mol. The van der Waals surface area contributed by atoms with Crippen molar-refractivity contribution in [2.45, 2.75) is 26.7 Å². The van der Waals surface area contributed by atoms with E-state index in [0.29, 0.717) is 17.0 Å². The Morgan fingerprint density at radius 2 is 1.52 bits per heavy atom. The van der Waals surface area contributed by atoms with E-state index in [2.05, 4.69) is 43.2 Å². The van der Waals surface area contributed by atoms with Crippen LogP contribution in [0.25, 0.3) is 6.08 Å². The van der Waals surface area contributed by atoms with Gasteiger partial charge in [-0.2, -0.15) is 10.1 Å². The highest BCUT2D eigenvalue weighted by atomic mass is 16.2. The van der Waals surface area contributed by atoms with Gasteiger partial charge in [0.05, 0.1) is 17.3 Å². The summed E-state index contributed by atoms with van der Waals surface area (Å²) >= 11 is 0. The third-order valence-electron chi connectivity index (χ3n) is 4.15. The molecule has 0 radical (unpaired) electrons. The normalized spacial score (nSPS) is 14.7. The number of hydrogen-bond acceptors (Lipinski definition) is 3. The van der Waals surface area contributed by atoms with Gasteiger partial charge in [0.2, 0.25) is 0 Å². The average Bonchev–Trinajstić information content (AvgIpc) is 2.85. The molecule has 2 aromatic carbocycles. The lowest BCUT2D eigenvalue weighted by Crippen LogP contribution is -2.23. The number of fused-ring (bicyclic) bond motifs is 1. The van der Waals surface area contributed by atoms with Crippen LogP contribution in [-0.2, 0) is 0 Å². The molecule has 0 N–H and O–H groups in total. The van der Waals surface area contributed by atoms with Crippen LogP contribution in [0.15, 0.2) is 59.2 Å². The quantitative estimate of drug-likeness (QED) is 0.611. The van der Waals surface area contributed by atoms with Crippen molar-refractivity contribution < 1.29 is 9.59 Å². The summed E-state index contributed by atoms with van der Waals surface area (Å²) in [6.45, 7) is 6.20. The van der Waals surface area contributed by atoms with Gasteiger partial charge in [-0.15, -0.1) is 0 Å². The van der Waals surface area contributed by atoms with E-state index in [1.54, 1.807) is 24.3 Å². The maximum atomic E-state index is 12.3. The molecule has 0 saturated carbocycles. The van der Waals surface area contributed by atoms with Crippen LogP contribution in [0.4, 0.5) is 0 Å². The Labute approximate surface area is 147 Å². The standard InChI is InChI=1S/C21H20N2O2/c1-14(2)17-10-8-16(9-11-17)12-15(3)13-22-23-20(24)18-6-4-5-7-19(18)21(23)25/h4-14H,1-3H3/b15-12+,22-13-. The number of rotatable bonds is 4. The molecule has 0 atom stereocenters. The molecule has 1 aliphatic rings. The Morgan fingerprint density at radius 1 is 0.960 bits per heavy atom. The van der Waals surface area contributed by atoms with E-state index in [0.717, 1.165) is 16.1 Å². The van der Waals surface area contributed by atoms with E-state index in [9.17, 15) is 9.59 Å². The Morgan fingerprint density at radius 3 is 2.04 bits per heavy atom. The number of hydrogen-bond donors (Lipinski definition) is 0. The van der Waals surface area contributed by atoms with Crippen molar-refractivity contribution in [3.8, 4) is 0 Å². The molecule has 1 heterocycles. The summed E-state index contributed by atoms with van der Waals surface area (Å²) in [7, 11) is 0. The molecule has 0 fully saturated rings. The molecule has 126 valence electrons. The molecule has 0 unspecified atom stereocenters. The first-order valence-electron chi connectivity index (χ1n) is 8.27. The number of hydrazone groups is 1. The fraction of sp³-hybridized carbons (Fsp3) is 0.190. The van der Waals surface area contributed by atoms with Crippen LogP contribution in [-0.4, -0.2) is 23.0 Å². The first-order chi connectivity index (χ1) is 12.0. The number of amides is 2. The van der Waals surface area contributed by atoms with Crippen LogP contribution in [0.5, 0.6) is 0 Å². The summed E-state index contributed by atoms with van der Waals surface area (Å²) in [5.41, 5.74) is 3.99. The second kappa shape index (κ2) is 6.85. The minimum atomic E-state index is -0.383. The van der Waals surface area contributed by atoms with Gasteiger partial charge in [-0.1, -0.05) is 56.3 Å². The van der Waals surface area contributed by atoms with Crippen LogP contribution in [0.3, 0.4) is 0 Å². The van der Waals surface area contributed by atoms with E-state index < -0.39 is 0 Å². The number of carbonyl (C=O) groups is 2. The first-order valence-corrected chi connectivity index (χ1v) is 8.27. The van der Waals surface area contributed by atoms with Crippen molar-refractivity contribution in [3.63, 3.8) is 0 Å². The van der Waals surface area contributed by atoms with Gasteiger partial charge in [-0.25, -0.2) is 0 Å². The zero-order chi connectivity index (χ0) is 18.0. The summed E-state index contributed by atoms with van der Waals surface area (Å²) in [5, 5.41) is 5.00. The molecule has 0 spiro atoms. The van der Waals surface area contributed by atoms with Crippen LogP contribution in [0, 0.1) is 0 Å². The van der Waals surface area contributed by atoms with E-state index in [-0.39, 0.29) is 11.8 Å². The zero-order valence-electron chi connectivity index (χ0n) is 14.6. The van der Waals surface area contributed by atoms with Crippen molar-refractivity contribution in [1.29, 1.82) is 0 Å². The lowest BCUT2D eigenvalue weighted by molar-refractivity contribution is 0.0660. The molecule has 0 bridgehead atoms. The molecule has 0 aromatic heterocycles. The third kappa shape index (κ3) is 3.43.